The minimum atomic E-state index is 0.262. The van der Waals surface area contributed by atoms with E-state index >= 15 is 0 Å². The summed E-state index contributed by atoms with van der Waals surface area (Å²) in [5, 5.41) is 9.80. The zero-order chi connectivity index (χ0) is 21.5. The van der Waals surface area contributed by atoms with Gasteiger partial charge in [-0.15, -0.1) is 0 Å². The molecule has 0 aliphatic heterocycles. The molecule has 1 heterocycles. The Hall–Kier alpha value is -3.35. The summed E-state index contributed by atoms with van der Waals surface area (Å²) in [4.78, 5) is 9.59. The highest BCUT2D eigenvalue weighted by Gasteiger charge is 2.09. The van der Waals surface area contributed by atoms with Gasteiger partial charge in [0.05, 0.1) is 6.54 Å². The van der Waals surface area contributed by atoms with Crippen LogP contribution in [0.25, 0.3) is 0 Å². The molecule has 0 radical (unpaired) electrons. The molecule has 0 atom stereocenters. The fourth-order valence-electron chi connectivity index (χ4n) is 2.79. The van der Waals surface area contributed by atoms with Gasteiger partial charge in [-0.3, -0.25) is 0 Å². The summed E-state index contributed by atoms with van der Waals surface area (Å²) >= 11 is 12.1. The summed E-state index contributed by atoms with van der Waals surface area (Å²) in [6.07, 6.45) is 3.10. The zero-order valence-corrected chi connectivity index (χ0v) is 17.9. The Balaban J connectivity index is 1.50. The maximum absolute atomic E-state index is 6.19. The van der Waals surface area contributed by atoms with Gasteiger partial charge < -0.3 is 9.57 Å². The van der Waals surface area contributed by atoms with E-state index in [2.05, 4.69) is 15.2 Å². The maximum atomic E-state index is 6.19. The molecule has 0 spiro atoms. The molecule has 0 saturated carbocycles. The quantitative estimate of drug-likeness (QED) is 0.243. The molecule has 0 amide bonds. The Labute approximate surface area is 189 Å². The van der Waals surface area contributed by atoms with Gasteiger partial charge in [0.25, 0.3) is 0 Å². The van der Waals surface area contributed by atoms with E-state index < -0.39 is 0 Å². The van der Waals surface area contributed by atoms with E-state index in [1.807, 2.05) is 60.7 Å². The molecule has 0 saturated heterocycles. The Morgan fingerprint density at radius 1 is 0.903 bits per heavy atom. The molecular formula is C23H18Cl2N4O2. The van der Waals surface area contributed by atoms with Crippen molar-refractivity contribution in [2.45, 2.75) is 13.2 Å². The third-order valence-corrected chi connectivity index (χ3v) is 4.99. The van der Waals surface area contributed by atoms with Gasteiger partial charge in [0, 0.05) is 21.2 Å². The Bertz CT molecular complexity index is 1150. The van der Waals surface area contributed by atoms with Gasteiger partial charge in [-0.2, -0.15) is 5.10 Å². The molecule has 1 aromatic heterocycles. The summed E-state index contributed by atoms with van der Waals surface area (Å²) in [5.41, 5.74) is 2.42. The molecule has 0 fully saturated rings. The van der Waals surface area contributed by atoms with Crippen molar-refractivity contribution in [1.29, 1.82) is 0 Å². The number of benzene rings is 3. The summed E-state index contributed by atoms with van der Waals surface area (Å²) in [7, 11) is 0. The van der Waals surface area contributed by atoms with Gasteiger partial charge in [0.2, 0.25) is 0 Å². The number of ether oxygens (including phenoxy) is 1. The number of rotatable bonds is 8. The molecule has 0 aliphatic rings. The van der Waals surface area contributed by atoms with E-state index in [9.17, 15) is 0 Å². The fourth-order valence-corrected chi connectivity index (χ4v) is 3.11. The van der Waals surface area contributed by atoms with Crippen molar-refractivity contribution in [1.82, 2.24) is 14.8 Å². The SMILES string of the molecule is Clc1ccc(Oc2ccc(/C(Cn3cncn3)=N\OCc3ccccc3Cl)cc2)cc1. The third-order valence-electron chi connectivity index (χ3n) is 4.37. The first-order valence-corrected chi connectivity index (χ1v) is 10.2. The molecule has 0 aliphatic carbocycles. The average Bonchev–Trinajstić information content (AvgIpc) is 3.30. The largest absolute Gasteiger partial charge is 0.457 e. The van der Waals surface area contributed by atoms with Gasteiger partial charge in [-0.05, 0) is 54.6 Å². The average molecular weight is 453 g/mol. The van der Waals surface area contributed by atoms with Crippen molar-refractivity contribution in [3.8, 4) is 11.5 Å². The molecular weight excluding hydrogens is 435 g/mol. The Morgan fingerprint density at radius 3 is 2.29 bits per heavy atom. The molecule has 4 rings (SSSR count). The first-order valence-electron chi connectivity index (χ1n) is 9.46. The predicted molar refractivity (Wildman–Crippen MR) is 121 cm³/mol. The van der Waals surface area contributed by atoms with Crippen LogP contribution in [0.5, 0.6) is 11.5 Å². The highest BCUT2D eigenvalue weighted by Crippen LogP contribution is 2.24. The van der Waals surface area contributed by atoms with E-state index in [-0.39, 0.29) is 6.61 Å². The maximum Gasteiger partial charge on any atom is 0.143 e. The highest BCUT2D eigenvalue weighted by atomic mass is 35.5. The lowest BCUT2D eigenvalue weighted by atomic mass is 10.1. The lowest BCUT2D eigenvalue weighted by molar-refractivity contribution is 0.130. The van der Waals surface area contributed by atoms with Gasteiger partial charge in [0.1, 0.15) is 36.5 Å². The number of oxime groups is 1. The lowest BCUT2D eigenvalue weighted by Crippen LogP contribution is -2.13. The Kier molecular flexibility index (Phi) is 6.82. The molecule has 0 bridgehead atoms. The summed E-state index contributed by atoms with van der Waals surface area (Å²) in [6.45, 7) is 0.665. The van der Waals surface area contributed by atoms with E-state index in [4.69, 9.17) is 32.8 Å². The highest BCUT2D eigenvalue weighted by molar-refractivity contribution is 6.31. The molecule has 156 valence electrons. The molecule has 31 heavy (non-hydrogen) atoms. The fraction of sp³-hybridized carbons (Fsp3) is 0.0870. The van der Waals surface area contributed by atoms with Crippen molar-refractivity contribution in [2.24, 2.45) is 5.16 Å². The minimum Gasteiger partial charge on any atom is -0.457 e. The zero-order valence-electron chi connectivity index (χ0n) is 16.4. The summed E-state index contributed by atoms with van der Waals surface area (Å²) < 4.78 is 7.53. The van der Waals surface area contributed by atoms with Crippen LogP contribution in [-0.2, 0) is 18.0 Å². The first kappa shape index (κ1) is 20.9. The van der Waals surface area contributed by atoms with Crippen LogP contribution in [0.3, 0.4) is 0 Å². The van der Waals surface area contributed by atoms with Gasteiger partial charge >= 0.3 is 0 Å². The standard InChI is InChI=1S/C23H18Cl2N4O2/c24-19-7-11-21(12-8-19)31-20-9-5-17(6-10-20)23(13-29-16-26-15-27-29)28-30-14-18-3-1-2-4-22(18)25/h1-12,15-16H,13-14H2/b28-23-. The predicted octanol–water partition coefficient (Wildman–Crippen LogP) is 6.00. The van der Waals surface area contributed by atoms with Crippen LogP contribution in [0, 0.1) is 0 Å². The molecule has 8 heteroatoms. The van der Waals surface area contributed by atoms with Gasteiger partial charge in [0.15, 0.2) is 0 Å². The molecule has 6 nitrogen and oxygen atoms in total. The van der Waals surface area contributed by atoms with Crippen LogP contribution >= 0.6 is 23.2 Å². The number of hydrogen-bond acceptors (Lipinski definition) is 5. The second-order valence-electron chi connectivity index (χ2n) is 6.58. The monoisotopic (exact) mass is 452 g/mol. The minimum absolute atomic E-state index is 0.262. The van der Waals surface area contributed by atoms with Crippen molar-refractivity contribution < 1.29 is 9.57 Å². The van der Waals surface area contributed by atoms with E-state index in [1.165, 1.54) is 6.33 Å². The van der Waals surface area contributed by atoms with Crippen molar-refractivity contribution >= 4 is 28.9 Å². The molecule has 4 aromatic rings. The molecule has 0 unspecified atom stereocenters. The Morgan fingerprint density at radius 2 is 1.61 bits per heavy atom. The van der Waals surface area contributed by atoms with Crippen molar-refractivity contribution in [2.75, 3.05) is 0 Å². The van der Waals surface area contributed by atoms with Crippen LogP contribution in [0.2, 0.25) is 10.0 Å². The van der Waals surface area contributed by atoms with Gasteiger partial charge in [-0.25, -0.2) is 9.67 Å². The van der Waals surface area contributed by atoms with E-state index in [1.54, 1.807) is 23.1 Å². The summed E-state index contributed by atoms with van der Waals surface area (Å²) in [5.74, 6) is 1.40. The van der Waals surface area contributed by atoms with Crippen molar-refractivity contribution in [3.05, 3.63) is 107 Å². The summed E-state index contributed by atoms with van der Waals surface area (Å²) in [6, 6.07) is 22.3. The normalized spacial score (nSPS) is 11.4. The number of halogens is 2. The second-order valence-corrected chi connectivity index (χ2v) is 7.42. The molecule has 0 N–H and O–H groups in total. The number of nitrogens with zero attached hydrogens (tertiary/aromatic N) is 4. The smallest absolute Gasteiger partial charge is 0.143 e. The first-order chi connectivity index (χ1) is 15.2. The van der Waals surface area contributed by atoms with Crippen LogP contribution in [-0.4, -0.2) is 20.5 Å². The third kappa shape index (κ3) is 5.84. The number of aromatic nitrogens is 3. The van der Waals surface area contributed by atoms with Crippen LogP contribution in [0.1, 0.15) is 11.1 Å². The van der Waals surface area contributed by atoms with E-state index in [0.717, 1.165) is 11.1 Å². The van der Waals surface area contributed by atoms with Crippen molar-refractivity contribution in [3.63, 3.8) is 0 Å². The van der Waals surface area contributed by atoms with Crippen LogP contribution < -0.4 is 4.74 Å². The second kappa shape index (κ2) is 10.1. The lowest BCUT2D eigenvalue weighted by Gasteiger charge is -2.10. The van der Waals surface area contributed by atoms with E-state index in [0.29, 0.717) is 33.8 Å². The number of hydrogen-bond donors (Lipinski definition) is 0. The molecule has 3 aromatic carbocycles. The topological polar surface area (TPSA) is 61.5 Å². The van der Waals surface area contributed by atoms with Gasteiger partial charge in [-0.1, -0.05) is 46.6 Å². The van der Waals surface area contributed by atoms with Crippen LogP contribution in [0.15, 0.2) is 90.6 Å². The van der Waals surface area contributed by atoms with Crippen LogP contribution in [0.4, 0.5) is 0 Å².